The predicted molar refractivity (Wildman–Crippen MR) is 160 cm³/mol. The van der Waals surface area contributed by atoms with Crippen LogP contribution in [0.3, 0.4) is 0 Å². The lowest BCUT2D eigenvalue weighted by Crippen LogP contribution is -2.51. The van der Waals surface area contributed by atoms with Crippen LogP contribution in [0, 0.1) is 17.7 Å². The SMILES string of the molecule is CC1CCN(S(=O)(=O)C2C(c3ccccc3)C(c3ccc(F)cc3)N(CC[C@@H](O)C[C@@H](O)CC(=O)O)C2C(C)C)CC1. The molecule has 10 heteroatoms. The van der Waals surface area contributed by atoms with Gasteiger partial charge in [-0.15, -0.1) is 0 Å². The van der Waals surface area contributed by atoms with Gasteiger partial charge in [0, 0.05) is 37.6 Å². The number of likely N-dealkylation sites (tertiary alicyclic amines) is 1. The van der Waals surface area contributed by atoms with E-state index in [0.717, 1.165) is 24.0 Å². The van der Waals surface area contributed by atoms with E-state index in [0.29, 0.717) is 25.6 Å². The zero-order chi connectivity index (χ0) is 30.6. The summed E-state index contributed by atoms with van der Waals surface area (Å²) in [6, 6.07) is 15.0. The van der Waals surface area contributed by atoms with Gasteiger partial charge in [0.2, 0.25) is 10.0 Å². The summed E-state index contributed by atoms with van der Waals surface area (Å²) >= 11 is 0. The molecule has 3 N–H and O–H groups in total. The number of aliphatic hydroxyl groups excluding tert-OH is 2. The molecule has 0 saturated carbocycles. The molecule has 2 aliphatic heterocycles. The first-order chi connectivity index (χ1) is 19.9. The van der Waals surface area contributed by atoms with Gasteiger partial charge in [-0.2, -0.15) is 0 Å². The first-order valence-corrected chi connectivity index (χ1v) is 16.5. The third kappa shape index (κ3) is 7.39. The number of nitrogens with zero attached hydrogens (tertiary/aromatic N) is 2. The number of sulfonamides is 1. The van der Waals surface area contributed by atoms with Crippen LogP contribution >= 0.6 is 0 Å². The summed E-state index contributed by atoms with van der Waals surface area (Å²) in [5.74, 6) is -1.58. The van der Waals surface area contributed by atoms with Crippen molar-refractivity contribution in [3.63, 3.8) is 0 Å². The van der Waals surface area contributed by atoms with Crippen molar-refractivity contribution in [2.45, 2.75) is 88.3 Å². The van der Waals surface area contributed by atoms with Crippen molar-refractivity contribution in [1.29, 1.82) is 0 Å². The molecule has 0 radical (unpaired) electrons. The Morgan fingerprint density at radius 1 is 0.976 bits per heavy atom. The molecule has 2 aliphatic rings. The lowest BCUT2D eigenvalue weighted by molar-refractivity contribution is -0.139. The Morgan fingerprint density at radius 2 is 1.60 bits per heavy atom. The molecule has 2 heterocycles. The molecular weight excluding hydrogens is 559 g/mol. The number of carboxylic acid groups (broad SMARTS) is 1. The van der Waals surface area contributed by atoms with Crippen molar-refractivity contribution in [2.75, 3.05) is 19.6 Å². The van der Waals surface area contributed by atoms with Crippen molar-refractivity contribution >= 4 is 16.0 Å². The van der Waals surface area contributed by atoms with Gasteiger partial charge in [0.15, 0.2) is 0 Å². The average molecular weight is 605 g/mol. The summed E-state index contributed by atoms with van der Waals surface area (Å²) in [6.07, 6.45) is -0.879. The summed E-state index contributed by atoms with van der Waals surface area (Å²) in [4.78, 5) is 13.2. The summed E-state index contributed by atoms with van der Waals surface area (Å²) in [7, 11) is -3.78. The van der Waals surface area contributed by atoms with Crippen molar-refractivity contribution in [1.82, 2.24) is 9.21 Å². The number of hydrogen-bond acceptors (Lipinski definition) is 6. The highest BCUT2D eigenvalue weighted by atomic mass is 32.2. The smallest absolute Gasteiger partial charge is 0.305 e. The number of aliphatic hydroxyl groups is 2. The number of carboxylic acids is 1. The maximum Gasteiger partial charge on any atom is 0.305 e. The molecule has 0 aliphatic carbocycles. The monoisotopic (exact) mass is 604 g/mol. The molecule has 2 aromatic rings. The molecule has 4 rings (SSSR count). The second-order valence-electron chi connectivity index (χ2n) is 12.4. The lowest BCUT2D eigenvalue weighted by Gasteiger charge is -2.37. The molecular formula is C32H45FN2O6S. The van der Waals surface area contributed by atoms with Crippen molar-refractivity contribution in [2.24, 2.45) is 11.8 Å². The zero-order valence-electron chi connectivity index (χ0n) is 24.7. The number of hydrogen-bond donors (Lipinski definition) is 3. The molecule has 232 valence electrons. The van der Waals surface area contributed by atoms with E-state index in [2.05, 4.69) is 11.8 Å². The molecule has 8 nitrogen and oxygen atoms in total. The molecule has 2 aromatic carbocycles. The van der Waals surface area contributed by atoms with Gasteiger partial charge in [-0.25, -0.2) is 17.1 Å². The summed E-state index contributed by atoms with van der Waals surface area (Å²) < 4.78 is 45.1. The van der Waals surface area contributed by atoms with Crippen LogP contribution in [0.15, 0.2) is 54.6 Å². The fraction of sp³-hybridized carbons (Fsp3) is 0.594. The zero-order valence-corrected chi connectivity index (χ0v) is 25.5. The van der Waals surface area contributed by atoms with E-state index in [1.165, 1.54) is 12.1 Å². The number of aliphatic carboxylic acids is 1. The van der Waals surface area contributed by atoms with Crippen LogP contribution in [-0.2, 0) is 14.8 Å². The Bertz CT molecular complexity index is 1270. The van der Waals surface area contributed by atoms with E-state index >= 15 is 0 Å². The van der Waals surface area contributed by atoms with Crippen LogP contribution < -0.4 is 0 Å². The molecule has 2 fully saturated rings. The van der Waals surface area contributed by atoms with E-state index in [1.807, 2.05) is 44.2 Å². The van der Waals surface area contributed by atoms with Crippen LogP contribution in [0.4, 0.5) is 4.39 Å². The summed E-state index contributed by atoms with van der Waals surface area (Å²) in [5, 5.41) is 29.1. The van der Waals surface area contributed by atoms with Gasteiger partial charge in [0.25, 0.3) is 0 Å². The van der Waals surface area contributed by atoms with Crippen LogP contribution in [0.5, 0.6) is 0 Å². The molecule has 2 saturated heterocycles. The average Bonchev–Trinajstić information content (AvgIpc) is 3.29. The molecule has 42 heavy (non-hydrogen) atoms. The third-order valence-corrected chi connectivity index (χ3v) is 11.3. The number of rotatable bonds is 12. The Morgan fingerprint density at radius 3 is 2.17 bits per heavy atom. The van der Waals surface area contributed by atoms with Crippen LogP contribution in [0.1, 0.15) is 76.0 Å². The lowest BCUT2D eigenvalue weighted by atomic mass is 9.85. The predicted octanol–water partition coefficient (Wildman–Crippen LogP) is 4.40. The first kappa shape index (κ1) is 32.5. The number of benzene rings is 2. The van der Waals surface area contributed by atoms with E-state index in [-0.39, 0.29) is 24.6 Å². The minimum absolute atomic E-state index is 0.0695. The van der Waals surface area contributed by atoms with Gasteiger partial charge < -0.3 is 15.3 Å². The standard InChI is InChI=1S/C32H45FN2O6S/c1-21(2)30-32(42(40,41)34-16-13-22(3)14-17-34)29(23-7-5-4-6-8-23)31(24-9-11-25(33)12-10-24)35(30)18-15-26(36)19-27(37)20-28(38)39/h4-12,21-22,26-27,29-32,36-37H,13-20H2,1-3H3,(H,38,39)/t26-,27-,29?,30?,31?,32?/m1/s1. The van der Waals surface area contributed by atoms with Gasteiger partial charge in [0.05, 0.1) is 23.9 Å². The topological polar surface area (TPSA) is 118 Å². The maximum atomic E-state index is 14.7. The molecule has 0 bridgehead atoms. The minimum atomic E-state index is -3.78. The van der Waals surface area contributed by atoms with E-state index in [9.17, 15) is 27.8 Å². The van der Waals surface area contributed by atoms with Gasteiger partial charge in [-0.1, -0.05) is 63.2 Å². The van der Waals surface area contributed by atoms with Gasteiger partial charge in [-0.05, 0) is 60.8 Å². The van der Waals surface area contributed by atoms with Crippen molar-refractivity contribution in [3.05, 3.63) is 71.5 Å². The van der Waals surface area contributed by atoms with E-state index in [1.54, 1.807) is 16.4 Å². The Labute approximate surface area is 249 Å². The first-order valence-electron chi connectivity index (χ1n) is 15.0. The third-order valence-electron chi connectivity index (χ3n) is 8.97. The normalized spacial score (nSPS) is 26.0. The molecule has 0 amide bonds. The highest BCUT2D eigenvalue weighted by Gasteiger charge is 2.57. The number of carbonyl (C=O) groups is 1. The van der Waals surface area contributed by atoms with Crippen LogP contribution in [-0.4, -0.2) is 82.0 Å². The second kappa shape index (κ2) is 13.9. The van der Waals surface area contributed by atoms with E-state index in [4.69, 9.17) is 5.11 Å². The van der Waals surface area contributed by atoms with Crippen LogP contribution in [0.2, 0.25) is 0 Å². The summed E-state index contributed by atoms with van der Waals surface area (Å²) in [5.41, 5.74) is 1.68. The second-order valence-corrected chi connectivity index (χ2v) is 14.5. The Hall–Kier alpha value is -2.37. The van der Waals surface area contributed by atoms with Gasteiger partial charge >= 0.3 is 5.97 Å². The quantitative estimate of drug-likeness (QED) is 0.329. The number of piperidine rings is 1. The molecule has 6 atom stereocenters. The highest BCUT2D eigenvalue weighted by Crippen LogP contribution is 2.52. The summed E-state index contributed by atoms with van der Waals surface area (Å²) in [6.45, 7) is 7.45. The van der Waals surface area contributed by atoms with Crippen molar-refractivity contribution < 1.29 is 32.9 Å². The number of halogens is 1. The fourth-order valence-electron chi connectivity index (χ4n) is 6.92. The highest BCUT2D eigenvalue weighted by molar-refractivity contribution is 7.89. The van der Waals surface area contributed by atoms with Crippen LogP contribution in [0.25, 0.3) is 0 Å². The molecule has 0 spiro atoms. The fourth-order valence-corrected chi connectivity index (χ4v) is 9.48. The Kier molecular flexibility index (Phi) is 10.8. The Balaban J connectivity index is 1.79. The largest absolute Gasteiger partial charge is 0.481 e. The van der Waals surface area contributed by atoms with Gasteiger partial charge in [-0.3, -0.25) is 9.69 Å². The van der Waals surface area contributed by atoms with Crippen molar-refractivity contribution in [3.8, 4) is 0 Å². The molecule has 4 unspecified atom stereocenters. The molecule has 0 aromatic heterocycles. The van der Waals surface area contributed by atoms with Gasteiger partial charge in [0.1, 0.15) is 5.82 Å². The van der Waals surface area contributed by atoms with E-state index < -0.39 is 57.9 Å². The maximum absolute atomic E-state index is 14.7. The minimum Gasteiger partial charge on any atom is -0.481 e.